The number of halogens is 1. The van der Waals surface area contributed by atoms with Crippen molar-refractivity contribution < 1.29 is 23.8 Å². The molecule has 50 heavy (non-hydrogen) atoms. The third kappa shape index (κ3) is 9.17. The number of nitrogens with zero attached hydrogens (tertiary/aromatic N) is 1. The van der Waals surface area contributed by atoms with E-state index in [9.17, 15) is 19.1 Å². The number of nitrogens with one attached hydrogen (secondary N) is 2. The molecule has 0 bridgehead atoms. The first-order valence-electron chi connectivity index (χ1n) is 17.8. The zero-order chi connectivity index (χ0) is 35.3. The monoisotopic (exact) mass is 679 g/mol. The quantitative estimate of drug-likeness (QED) is 0.111. The molecule has 1 heterocycles. The summed E-state index contributed by atoms with van der Waals surface area (Å²) in [6, 6.07) is 33.2. The summed E-state index contributed by atoms with van der Waals surface area (Å²) in [5, 5.41) is 15.5. The van der Waals surface area contributed by atoms with Gasteiger partial charge < -0.3 is 20.5 Å². The maximum atomic E-state index is 13.5. The van der Waals surface area contributed by atoms with Gasteiger partial charge in [-0.05, 0) is 104 Å². The number of fused-ring (bicyclic) bond motifs is 1. The van der Waals surface area contributed by atoms with Crippen LogP contribution in [0.15, 0.2) is 103 Å². The first kappa shape index (κ1) is 36.7. The molecular weight excluding hydrogens is 629 g/mol. The number of hydrogen-bond acceptors (Lipinski definition) is 5. The van der Waals surface area contributed by atoms with E-state index in [1.807, 2.05) is 18.2 Å². The molecule has 0 radical (unpaired) electrons. The summed E-state index contributed by atoms with van der Waals surface area (Å²) in [5.41, 5.74) is 5.40. The van der Waals surface area contributed by atoms with Gasteiger partial charge in [0, 0.05) is 31.0 Å². The normalized spacial score (nSPS) is 16.0. The van der Waals surface area contributed by atoms with Crippen molar-refractivity contribution in [2.24, 2.45) is 0 Å². The molecule has 0 fully saturated rings. The predicted molar refractivity (Wildman–Crippen MR) is 196 cm³/mol. The number of rotatable bonds is 17. The number of aryl methyl sites for hydroxylation is 1. The van der Waals surface area contributed by atoms with Crippen molar-refractivity contribution in [3.63, 3.8) is 0 Å². The van der Waals surface area contributed by atoms with E-state index in [0.717, 1.165) is 42.6 Å². The average molecular weight is 680 g/mol. The van der Waals surface area contributed by atoms with Crippen LogP contribution in [0.3, 0.4) is 0 Å². The topological polar surface area (TPSA) is 90.9 Å². The molecule has 2 amide bonds. The van der Waals surface area contributed by atoms with Crippen LogP contribution in [-0.2, 0) is 27.8 Å². The van der Waals surface area contributed by atoms with Crippen molar-refractivity contribution in [1.82, 2.24) is 15.5 Å². The van der Waals surface area contributed by atoms with Gasteiger partial charge in [0.25, 0.3) is 0 Å². The van der Waals surface area contributed by atoms with Crippen molar-refractivity contribution >= 4 is 11.8 Å². The third-order valence-corrected chi connectivity index (χ3v) is 10.2. The lowest BCUT2D eigenvalue weighted by molar-refractivity contribution is -0.128. The summed E-state index contributed by atoms with van der Waals surface area (Å²) in [4.78, 5) is 28.5. The highest BCUT2D eigenvalue weighted by Gasteiger charge is 2.38. The highest BCUT2D eigenvalue weighted by Crippen LogP contribution is 2.42. The van der Waals surface area contributed by atoms with Gasteiger partial charge in [0.2, 0.25) is 11.8 Å². The average Bonchev–Trinajstić information content (AvgIpc) is 3.15. The molecule has 2 atom stereocenters. The van der Waals surface area contributed by atoms with Crippen molar-refractivity contribution in [3.8, 4) is 5.75 Å². The van der Waals surface area contributed by atoms with Gasteiger partial charge in [-0.2, -0.15) is 0 Å². The number of hydrogen-bond donors (Lipinski definition) is 3. The van der Waals surface area contributed by atoms with Crippen LogP contribution < -0.4 is 15.4 Å². The molecule has 2 unspecified atom stereocenters. The first-order valence-corrected chi connectivity index (χ1v) is 17.8. The van der Waals surface area contributed by atoms with E-state index in [0.29, 0.717) is 32.4 Å². The van der Waals surface area contributed by atoms with E-state index in [4.69, 9.17) is 4.74 Å². The van der Waals surface area contributed by atoms with Crippen LogP contribution >= 0.6 is 0 Å². The molecule has 1 aliphatic rings. The number of aliphatic hydroxyl groups is 1. The second-order valence-electron chi connectivity index (χ2n) is 13.2. The molecule has 1 aliphatic heterocycles. The van der Waals surface area contributed by atoms with Crippen LogP contribution in [0, 0.1) is 5.82 Å². The minimum absolute atomic E-state index is 0.00769. The highest BCUT2D eigenvalue weighted by molar-refractivity contribution is 5.82. The number of carbonyl (C=O) groups is 2. The predicted octanol–water partition coefficient (Wildman–Crippen LogP) is 6.53. The lowest BCUT2D eigenvalue weighted by atomic mass is 9.68. The van der Waals surface area contributed by atoms with Crippen LogP contribution in [-0.4, -0.2) is 61.2 Å². The minimum Gasteiger partial charge on any atom is -0.497 e. The van der Waals surface area contributed by atoms with Gasteiger partial charge >= 0.3 is 0 Å². The SMILES string of the molecule is COc1ccc2c(c1)C(C)N(CCCC(CCCNC(=O)CCc1ccc(F)cc1)(c1ccccc1)c1ccccc1)C(C(=O)NCCO)C2. The summed E-state index contributed by atoms with van der Waals surface area (Å²) in [5.74, 6) is 0.438. The van der Waals surface area contributed by atoms with Crippen LogP contribution in [0.5, 0.6) is 5.75 Å². The summed E-state index contributed by atoms with van der Waals surface area (Å²) in [7, 11) is 1.67. The Balaban J connectivity index is 1.33. The fraction of sp³-hybridized carbons (Fsp3) is 0.381. The summed E-state index contributed by atoms with van der Waals surface area (Å²) in [6.45, 7) is 3.54. The largest absolute Gasteiger partial charge is 0.497 e. The molecule has 0 saturated carbocycles. The molecule has 7 nitrogen and oxygen atoms in total. The second kappa shape index (κ2) is 17.9. The number of amides is 2. The Morgan fingerprint density at radius 1 is 0.880 bits per heavy atom. The van der Waals surface area contributed by atoms with Crippen molar-refractivity contribution in [2.75, 3.05) is 33.4 Å². The van der Waals surface area contributed by atoms with E-state index in [1.54, 1.807) is 19.2 Å². The Labute approximate surface area is 295 Å². The molecule has 0 aromatic heterocycles. The van der Waals surface area contributed by atoms with E-state index >= 15 is 0 Å². The lowest BCUT2D eigenvalue weighted by Crippen LogP contribution is -2.52. The van der Waals surface area contributed by atoms with E-state index in [1.165, 1.54) is 28.8 Å². The molecule has 0 aliphatic carbocycles. The molecule has 8 heteroatoms. The maximum absolute atomic E-state index is 13.5. The number of aliphatic hydroxyl groups excluding tert-OH is 1. The fourth-order valence-corrected chi connectivity index (χ4v) is 7.50. The molecule has 5 rings (SSSR count). The smallest absolute Gasteiger partial charge is 0.237 e. The van der Waals surface area contributed by atoms with Gasteiger partial charge in [-0.15, -0.1) is 0 Å². The Kier molecular flexibility index (Phi) is 13.2. The summed E-state index contributed by atoms with van der Waals surface area (Å²) < 4.78 is 18.8. The van der Waals surface area contributed by atoms with E-state index in [2.05, 4.69) is 83.1 Å². The van der Waals surface area contributed by atoms with Gasteiger partial charge in [0.05, 0.1) is 19.8 Å². The summed E-state index contributed by atoms with van der Waals surface area (Å²) in [6.07, 6.45) is 4.80. The highest BCUT2D eigenvalue weighted by atomic mass is 19.1. The second-order valence-corrected chi connectivity index (χ2v) is 13.2. The van der Waals surface area contributed by atoms with Crippen LogP contribution in [0.2, 0.25) is 0 Å². The maximum Gasteiger partial charge on any atom is 0.237 e. The van der Waals surface area contributed by atoms with E-state index < -0.39 is 0 Å². The Bertz CT molecular complexity index is 1630. The molecule has 264 valence electrons. The zero-order valence-corrected chi connectivity index (χ0v) is 29.2. The lowest BCUT2D eigenvalue weighted by Gasteiger charge is -2.42. The van der Waals surface area contributed by atoms with Crippen molar-refractivity contribution in [2.45, 2.75) is 69.4 Å². The van der Waals surface area contributed by atoms with Gasteiger partial charge in [-0.1, -0.05) is 78.9 Å². The summed E-state index contributed by atoms with van der Waals surface area (Å²) >= 11 is 0. The van der Waals surface area contributed by atoms with Gasteiger partial charge in [0.15, 0.2) is 0 Å². The van der Waals surface area contributed by atoms with Gasteiger partial charge in [-0.25, -0.2) is 4.39 Å². The van der Waals surface area contributed by atoms with Gasteiger partial charge in [-0.3, -0.25) is 14.5 Å². The van der Waals surface area contributed by atoms with Gasteiger partial charge in [0.1, 0.15) is 11.6 Å². The van der Waals surface area contributed by atoms with Crippen LogP contribution in [0.4, 0.5) is 4.39 Å². The van der Waals surface area contributed by atoms with Crippen LogP contribution in [0.1, 0.15) is 72.9 Å². The molecule has 0 saturated heterocycles. The van der Waals surface area contributed by atoms with Crippen molar-refractivity contribution in [3.05, 3.63) is 137 Å². The molecule has 0 spiro atoms. The standard InChI is InChI=1S/C42H50FN3O4/c1-31-38-30-37(50-2)21-18-33(38)29-39(41(49)45-26-28-47)46(31)27-10-24-42(34-11-5-3-6-12-34,35-13-7-4-8-14-35)23-9-25-44-40(48)22-17-32-15-19-36(43)20-16-32/h3-8,11-16,18-21,30-31,39,47H,9-10,17,22-29H2,1-2H3,(H,44,48)(H,45,49). The first-order chi connectivity index (χ1) is 24.3. The third-order valence-electron chi connectivity index (χ3n) is 10.2. The number of ether oxygens (including phenoxy) is 1. The fourth-order valence-electron chi connectivity index (χ4n) is 7.50. The molecule has 4 aromatic carbocycles. The minimum atomic E-state index is -0.356. The molecular formula is C42H50FN3O4. The Hall–Kier alpha value is -4.53. The molecule has 4 aromatic rings. The number of benzene rings is 4. The number of methoxy groups -OCH3 is 1. The Morgan fingerprint density at radius 3 is 2.18 bits per heavy atom. The number of carbonyl (C=O) groups excluding carboxylic acids is 2. The molecule has 3 N–H and O–H groups in total. The van der Waals surface area contributed by atoms with Crippen molar-refractivity contribution in [1.29, 1.82) is 0 Å². The van der Waals surface area contributed by atoms with Crippen LogP contribution in [0.25, 0.3) is 0 Å². The Morgan fingerprint density at radius 2 is 1.54 bits per heavy atom. The van der Waals surface area contributed by atoms with E-state index in [-0.39, 0.29) is 48.3 Å². The zero-order valence-electron chi connectivity index (χ0n) is 29.2.